The molecule has 0 aromatic rings. The van der Waals surface area contributed by atoms with E-state index >= 15 is 0 Å². The molecule has 0 fully saturated rings. The molecule has 0 heterocycles. The Hall–Kier alpha value is -0.790. The van der Waals surface area contributed by atoms with Crippen LogP contribution in [0.25, 0.3) is 0 Å². The molecule has 0 aromatic heterocycles. The lowest BCUT2D eigenvalue weighted by molar-refractivity contribution is -0.140. The summed E-state index contributed by atoms with van der Waals surface area (Å²) in [6.45, 7) is 2.17. The maximum absolute atomic E-state index is 10.8. The van der Waals surface area contributed by atoms with E-state index in [2.05, 4.69) is 23.8 Å². The Morgan fingerprint density at radius 1 is 0.941 bits per heavy atom. The summed E-state index contributed by atoms with van der Waals surface area (Å²) in [5.41, 5.74) is 0. The summed E-state index contributed by atoms with van der Waals surface area (Å²) in [6, 6.07) is 0. The highest BCUT2D eigenvalue weighted by Gasteiger charge is 1.98. The van der Waals surface area contributed by atoms with Gasteiger partial charge in [0.1, 0.15) is 0 Å². The SMILES string of the molecule is CCC=CCCCCCCCCCC(=O)OC. The van der Waals surface area contributed by atoms with E-state index in [-0.39, 0.29) is 5.97 Å². The molecule has 0 aliphatic rings. The molecule has 0 aliphatic heterocycles. The second-order valence-electron chi connectivity index (χ2n) is 4.47. The Bertz CT molecular complexity index is 197. The van der Waals surface area contributed by atoms with Crippen molar-refractivity contribution in [3.63, 3.8) is 0 Å². The molecule has 0 saturated heterocycles. The highest BCUT2D eigenvalue weighted by Crippen LogP contribution is 2.10. The fourth-order valence-corrected chi connectivity index (χ4v) is 1.80. The zero-order valence-corrected chi connectivity index (χ0v) is 11.5. The van der Waals surface area contributed by atoms with Crippen molar-refractivity contribution in [3.05, 3.63) is 12.2 Å². The van der Waals surface area contributed by atoms with Crippen LogP contribution in [0.15, 0.2) is 12.2 Å². The normalized spacial score (nSPS) is 10.9. The molecule has 2 heteroatoms. The molecule has 0 rings (SSSR count). The maximum atomic E-state index is 10.8. The highest BCUT2D eigenvalue weighted by molar-refractivity contribution is 5.68. The smallest absolute Gasteiger partial charge is 0.305 e. The Morgan fingerprint density at radius 3 is 2.12 bits per heavy atom. The largest absolute Gasteiger partial charge is 0.469 e. The monoisotopic (exact) mass is 240 g/mol. The number of allylic oxidation sites excluding steroid dienone is 2. The molecule has 100 valence electrons. The Kier molecular flexibility index (Phi) is 12.7. The summed E-state index contributed by atoms with van der Waals surface area (Å²) in [5.74, 6) is -0.0762. The average Bonchev–Trinajstić information content (AvgIpc) is 2.35. The molecule has 17 heavy (non-hydrogen) atoms. The van der Waals surface area contributed by atoms with Gasteiger partial charge in [0.05, 0.1) is 7.11 Å². The number of carbonyl (C=O) groups is 1. The Balaban J connectivity index is 3.03. The van der Waals surface area contributed by atoms with Gasteiger partial charge in [0, 0.05) is 6.42 Å². The van der Waals surface area contributed by atoms with Crippen molar-refractivity contribution in [3.8, 4) is 0 Å². The minimum absolute atomic E-state index is 0.0762. The first kappa shape index (κ1) is 16.2. The van der Waals surface area contributed by atoms with Crippen LogP contribution >= 0.6 is 0 Å². The molecule has 0 atom stereocenters. The summed E-state index contributed by atoms with van der Waals surface area (Å²) in [5, 5.41) is 0. The van der Waals surface area contributed by atoms with Crippen molar-refractivity contribution in [2.75, 3.05) is 7.11 Å². The molecular weight excluding hydrogens is 212 g/mol. The number of esters is 1. The van der Waals surface area contributed by atoms with Crippen molar-refractivity contribution in [1.82, 2.24) is 0 Å². The topological polar surface area (TPSA) is 26.3 Å². The maximum Gasteiger partial charge on any atom is 0.305 e. The van der Waals surface area contributed by atoms with Crippen molar-refractivity contribution in [2.24, 2.45) is 0 Å². The second kappa shape index (κ2) is 13.3. The Labute approximate surface area is 106 Å². The van der Waals surface area contributed by atoms with Crippen molar-refractivity contribution >= 4 is 5.97 Å². The quantitative estimate of drug-likeness (QED) is 0.299. The first-order valence-corrected chi connectivity index (χ1v) is 7.03. The molecule has 0 spiro atoms. The van der Waals surface area contributed by atoms with Crippen LogP contribution in [0.3, 0.4) is 0 Å². The fourth-order valence-electron chi connectivity index (χ4n) is 1.80. The lowest BCUT2D eigenvalue weighted by Crippen LogP contribution is -1.99. The third-order valence-corrected chi connectivity index (χ3v) is 2.88. The van der Waals surface area contributed by atoms with Gasteiger partial charge in [0.2, 0.25) is 0 Å². The highest BCUT2D eigenvalue weighted by atomic mass is 16.5. The molecular formula is C15H28O2. The molecule has 0 bridgehead atoms. The number of hydrogen-bond acceptors (Lipinski definition) is 2. The van der Waals surface area contributed by atoms with E-state index in [1.54, 1.807) is 0 Å². The average molecular weight is 240 g/mol. The summed E-state index contributed by atoms with van der Waals surface area (Å²) in [6.07, 6.45) is 16.2. The fraction of sp³-hybridized carbons (Fsp3) is 0.800. The lowest BCUT2D eigenvalue weighted by atomic mass is 10.1. The predicted molar refractivity (Wildman–Crippen MR) is 73.0 cm³/mol. The van der Waals surface area contributed by atoms with Crippen LogP contribution in [0.1, 0.15) is 71.1 Å². The van der Waals surface area contributed by atoms with E-state index in [9.17, 15) is 4.79 Å². The van der Waals surface area contributed by atoms with Crippen LogP contribution < -0.4 is 0 Å². The number of hydrogen-bond donors (Lipinski definition) is 0. The van der Waals surface area contributed by atoms with Crippen LogP contribution in [-0.4, -0.2) is 13.1 Å². The van der Waals surface area contributed by atoms with Gasteiger partial charge in [-0.3, -0.25) is 4.79 Å². The predicted octanol–water partition coefficient (Wildman–Crippen LogP) is 4.64. The van der Waals surface area contributed by atoms with Crippen LogP contribution in [0, 0.1) is 0 Å². The van der Waals surface area contributed by atoms with E-state index in [1.807, 2.05) is 0 Å². The van der Waals surface area contributed by atoms with Crippen molar-refractivity contribution < 1.29 is 9.53 Å². The Morgan fingerprint density at radius 2 is 1.53 bits per heavy atom. The van der Waals surface area contributed by atoms with Crippen LogP contribution in [0.4, 0.5) is 0 Å². The molecule has 0 radical (unpaired) electrons. The van der Waals surface area contributed by atoms with Crippen LogP contribution in [0.2, 0.25) is 0 Å². The molecule has 2 nitrogen and oxygen atoms in total. The van der Waals surface area contributed by atoms with Gasteiger partial charge in [-0.2, -0.15) is 0 Å². The van der Waals surface area contributed by atoms with Crippen LogP contribution in [0.5, 0.6) is 0 Å². The molecule has 0 unspecified atom stereocenters. The van der Waals surface area contributed by atoms with Gasteiger partial charge < -0.3 is 4.74 Å². The molecule has 0 N–H and O–H groups in total. The van der Waals surface area contributed by atoms with E-state index in [0.717, 1.165) is 19.3 Å². The minimum Gasteiger partial charge on any atom is -0.469 e. The lowest BCUT2D eigenvalue weighted by Gasteiger charge is -2.01. The van der Waals surface area contributed by atoms with E-state index < -0.39 is 0 Å². The number of methoxy groups -OCH3 is 1. The van der Waals surface area contributed by atoms with Gasteiger partial charge in [0.15, 0.2) is 0 Å². The standard InChI is InChI=1S/C15H28O2/c1-3-4-5-6-7-8-9-10-11-12-13-14-15(16)17-2/h4-5H,3,6-14H2,1-2H3. The molecule has 0 amide bonds. The van der Waals surface area contributed by atoms with Crippen molar-refractivity contribution in [2.45, 2.75) is 71.1 Å². The van der Waals surface area contributed by atoms with E-state index in [0.29, 0.717) is 6.42 Å². The zero-order valence-electron chi connectivity index (χ0n) is 11.5. The van der Waals surface area contributed by atoms with Crippen LogP contribution in [-0.2, 0) is 9.53 Å². The third-order valence-electron chi connectivity index (χ3n) is 2.88. The summed E-state index contributed by atoms with van der Waals surface area (Å²) < 4.78 is 4.60. The van der Waals surface area contributed by atoms with E-state index in [4.69, 9.17) is 0 Å². The van der Waals surface area contributed by atoms with Gasteiger partial charge in [0.25, 0.3) is 0 Å². The van der Waals surface area contributed by atoms with Gasteiger partial charge >= 0.3 is 5.97 Å². The molecule has 0 aliphatic carbocycles. The van der Waals surface area contributed by atoms with Crippen molar-refractivity contribution in [1.29, 1.82) is 0 Å². The van der Waals surface area contributed by atoms with Gasteiger partial charge in [-0.15, -0.1) is 0 Å². The number of unbranched alkanes of at least 4 members (excludes halogenated alkanes) is 7. The first-order valence-electron chi connectivity index (χ1n) is 7.03. The molecule has 0 saturated carbocycles. The summed E-state index contributed by atoms with van der Waals surface area (Å²) >= 11 is 0. The van der Waals surface area contributed by atoms with Gasteiger partial charge in [-0.05, 0) is 25.7 Å². The van der Waals surface area contributed by atoms with Gasteiger partial charge in [-0.1, -0.05) is 51.2 Å². The summed E-state index contributed by atoms with van der Waals surface area (Å²) in [4.78, 5) is 10.8. The number of ether oxygens (including phenoxy) is 1. The first-order chi connectivity index (χ1) is 8.31. The zero-order chi connectivity index (χ0) is 12.8. The minimum atomic E-state index is -0.0762. The number of carbonyl (C=O) groups excluding carboxylic acids is 1. The summed E-state index contributed by atoms with van der Waals surface area (Å²) in [7, 11) is 1.45. The second-order valence-corrected chi connectivity index (χ2v) is 4.47. The van der Waals surface area contributed by atoms with Gasteiger partial charge in [-0.25, -0.2) is 0 Å². The molecule has 0 aromatic carbocycles. The van der Waals surface area contributed by atoms with E-state index in [1.165, 1.54) is 45.6 Å². The third kappa shape index (κ3) is 13.1. The number of rotatable bonds is 11.